The molecule has 94 heavy (non-hydrogen) atoms. The van der Waals surface area contributed by atoms with Crippen LogP contribution < -0.4 is 0 Å². The summed E-state index contributed by atoms with van der Waals surface area (Å²) >= 11 is 0. The van der Waals surface area contributed by atoms with Crippen LogP contribution in [0.25, 0.3) is 0 Å². The zero-order valence-corrected chi connectivity index (χ0v) is 62.7. The maximum atomic E-state index is 13.1. The summed E-state index contributed by atoms with van der Waals surface area (Å²) in [6, 6.07) is 0. The molecule has 0 bridgehead atoms. The predicted molar refractivity (Wildman–Crippen MR) is 381 cm³/mol. The lowest BCUT2D eigenvalue weighted by Crippen LogP contribution is -2.30. The molecule has 0 aromatic rings. The molecular weight excluding hydrogens is 1230 g/mol. The largest absolute Gasteiger partial charge is 0.472 e. The van der Waals surface area contributed by atoms with Gasteiger partial charge >= 0.3 is 39.5 Å². The highest BCUT2D eigenvalue weighted by Gasteiger charge is 2.30. The van der Waals surface area contributed by atoms with Gasteiger partial charge in [-0.2, -0.15) is 0 Å². The number of hydrogen-bond acceptors (Lipinski definition) is 15. The van der Waals surface area contributed by atoms with Crippen molar-refractivity contribution in [2.45, 2.75) is 375 Å². The number of esters is 4. The van der Waals surface area contributed by atoms with Gasteiger partial charge in [0.05, 0.1) is 26.4 Å². The summed E-state index contributed by atoms with van der Waals surface area (Å²) in [5.74, 6) is 0.102. The highest BCUT2D eigenvalue weighted by atomic mass is 31.2. The Balaban J connectivity index is 5.26. The number of phosphoric ester groups is 2. The zero-order chi connectivity index (χ0) is 69.4. The van der Waals surface area contributed by atoms with Crippen LogP contribution in [0.1, 0.15) is 357 Å². The third-order valence-electron chi connectivity index (χ3n) is 17.1. The van der Waals surface area contributed by atoms with E-state index in [4.69, 9.17) is 37.0 Å². The van der Waals surface area contributed by atoms with Gasteiger partial charge in [-0.05, 0) is 69.1 Å². The van der Waals surface area contributed by atoms with Gasteiger partial charge in [0.15, 0.2) is 12.2 Å². The van der Waals surface area contributed by atoms with E-state index in [1.54, 1.807) is 0 Å². The summed E-state index contributed by atoms with van der Waals surface area (Å²) in [4.78, 5) is 72.7. The minimum atomic E-state index is -4.96. The average molecular weight is 1380 g/mol. The third kappa shape index (κ3) is 66.8. The standard InChI is InChI=1S/C75H142O17P2/c1-8-10-11-12-13-14-15-16-18-22-25-28-35-44-51-58-74(79)91-70(62-85-72(77)56-49-42-34-31-30-33-40-47-54-67(5)6)64-89-93(81,82)87-60-69(76)61-88-94(83,84)90-65-71(63-86-73(78)57-50-43-38-37-41-48-55-68(7)9-2)92-75(80)59-52-45-36-29-26-23-20-17-19-21-24-27-32-39-46-53-66(3)4/h14-16,18,66-71,76H,8-13,17,19-65H2,1-7H3,(H,81,82)(H,83,84)/b15-14-,18-16-/t68?,69-,70-,71-/m1/s1. The van der Waals surface area contributed by atoms with Crippen molar-refractivity contribution in [3.63, 3.8) is 0 Å². The Kier molecular flexibility index (Phi) is 63.5. The maximum absolute atomic E-state index is 13.1. The molecule has 0 saturated heterocycles. The molecule has 0 saturated carbocycles. The molecule has 3 N–H and O–H groups in total. The van der Waals surface area contributed by atoms with Crippen LogP contribution in [0.15, 0.2) is 24.3 Å². The third-order valence-corrected chi connectivity index (χ3v) is 19.0. The number of carbonyl (C=O) groups is 4. The van der Waals surface area contributed by atoms with Crippen LogP contribution in [0, 0.1) is 17.8 Å². The summed E-state index contributed by atoms with van der Waals surface area (Å²) < 4.78 is 68.4. The molecule has 0 aliphatic carbocycles. The molecule has 0 aliphatic heterocycles. The van der Waals surface area contributed by atoms with Gasteiger partial charge in [-0.25, -0.2) is 9.13 Å². The van der Waals surface area contributed by atoms with Gasteiger partial charge in [0, 0.05) is 25.7 Å². The summed E-state index contributed by atoms with van der Waals surface area (Å²) in [6.45, 7) is 11.8. The SMILES string of the molecule is CCCCCC/C=C\C=C/CCCCCCCC(=O)O[C@H](COC(=O)CCCCCCCCCCC(C)C)COP(=O)(O)OC[C@@H](O)COP(=O)(O)OC[C@@H](COC(=O)CCCCCCCCC(C)CC)OC(=O)CCCCCCCCCCCCCCCCCC(C)C. The van der Waals surface area contributed by atoms with Crippen molar-refractivity contribution in [1.29, 1.82) is 0 Å². The number of rotatable bonds is 71. The lowest BCUT2D eigenvalue weighted by Gasteiger charge is -2.21. The molecule has 3 unspecified atom stereocenters. The summed E-state index contributed by atoms with van der Waals surface area (Å²) in [5, 5.41) is 10.6. The monoisotopic (exact) mass is 1380 g/mol. The fraction of sp³-hybridized carbons (Fsp3) is 0.893. The van der Waals surface area contributed by atoms with Gasteiger partial charge in [-0.1, -0.05) is 304 Å². The Labute approximate surface area is 573 Å². The normalized spacial score (nSPS) is 14.6. The second kappa shape index (κ2) is 65.2. The molecule has 19 heteroatoms. The summed E-state index contributed by atoms with van der Waals surface area (Å²) in [7, 11) is -9.92. The molecule has 0 aromatic heterocycles. The van der Waals surface area contributed by atoms with E-state index in [-0.39, 0.29) is 25.7 Å². The van der Waals surface area contributed by atoms with Crippen molar-refractivity contribution < 1.29 is 80.2 Å². The van der Waals surface area contributed by atoms with E-state index in [0.717, 1.165) is 133 Å². The minimum Gasteiger partial charge on any atom is -0.462 e. The molecule has 0 rings (SSSR count). The molecule has 0 amide bonds. The molecule has 0 aromatic carbocycles. The topological polar surface area (TPSA) is 237 Å². The van der Waals surface area contributed by atoms with E-state index in [1.807, 2.05) is 0 Å². The summed E-state index contributed by atoms with van der Waals surface area (Å²) in [5.41, 5.74) is 0. The van der Waals surface area contributed by atoms with Gasteiger partial charge < -0.3 is 33.8 Å². The molecule has 0 fully saturated rings. The van der Waals surface area contributed by atoms with Crippen LogP contribution in [0.5, 0.6) is 0 Å². The zero-order valence-electron chi connectivity index (χ0n) is 60.9. The van der Waals surface area contributed by atoms with Crippen molar-refractivity contribution in [3.05, 3.63) is 24.3 Å². The second-order valence-corrected chi connectivity index (χ2v) is 30.5. The van der Waals surface area contributed by atoms with Gasteiger partial charge in [0.25, 0.3) is 0 Å². The summed E-state index contributed by atoms with van der Waals surface area (Å²) in [6.07, 6.45) is 53.6. The first-order valence-corrected chi connectivity index (χ1v) is 41.2. The van der Waals surface area contributed by atoms with Crippen molar-refractivity contribution in [2.24, 2.45) is 17.8 Å². The Morgan fingerprint density at radius 1 is 0.351 bits per heavy atom. The van der Waals surface area contributed by atoms with Crippen LogP contribution in [0.4, 0.5) is 0 Å². The van der Waals surface area contributed by atoms with Crippen LogP contribution >= 0.6 is 15.6 Å². The smallest absolute Gasteiger partial charge is 0.462 e. The van der Waals surface area contributed by atoms with E-state index < -0.39 is 97.5 Å². The Morgan fingerprint density at radius 3 is 0.947 bits per heavy atom. The van der Waals surface area contributed by atoms with Gasteiger partial charge in [0.2, 0.25) is 0 Å². The number of phosphoric acid groups is 2. The number of hydrogen-bond donors (Lipinski definition) is 3. The highest BCUT2D eigenvalue weighted by molar-refractivity contribution is 7.47. The first kappa shape index (κ1) is 91.5. The lowest BCUT2D eigenvalue weighted by molar-refractivity contribution is -0.161. The lowest BCUT2D eigenvalue weighted by atomic mass is 10.00. The van der Waals surface area contributed by atoms with E-state index in [9.17, 15) is 43.2 Å². The van der Waals surface area contributed by atoms with E-state index in [0.29, 0.717) is 25.7 Å². The van der Waals surface area contributed by atoms with E-state index in [1.165, 1.54) is 141 Å². The fourth-order valence-electron chi connectivity index (χ4n) is 10.9. The number of carbonyl (C=O) groups excluding carboxylic acids is 4. The molecule has 17 nitrogen and oxygen atoms in total. The predicted octanol–water partition coefficient (Wildman–Crippen LogP) is 21.3. The van der Waals surface area contributed by atoms with Gasteiger partial charge in [-0.15, -0.1) is 0 Å². The molecule has 0 spiro atoms. The molecule has 554 valence electrons. The van der Waals surface area contributed by atoms with Crippen molar-refractivity contribution in [2.75, 3.05) is 39.6 Å². The van der Waals surface area contributed by atoms with Crippen LogP contribution in [-0.2, 0) is 65.4 Å². The molecule has 6 atom stereocenters. The van der Waals surface area contributed by atoms with Crippen molar-refractivity contribution >= 4 is 39.5 Å². The van der Waals surface area contributed by atoms with Crippen LogP contribution in [0.3, 0.4) is 0 Å². The molecule has 0 aliphatic rings. The fourth-order valence-corrected chi connectivity index (χ4v) is 12.4. The number of ether oxygens (including phenoxy) is 4. The van der Waals surface area contributed by atoms with Gasteiger partial charge in [-0.3, -0.25) is 37.3 Å². The number of unbranched alkanes of at least 4 members (excludes halogenated alkanes) is 35. The minimum absolute atomic E-state index is 0.0841. The maximum Gasteiger partial charge on any atom is 0.472 e. The number of aliphatic hydroxyl groups excluding tert-OH is 1. The van der Waals surface area contributed by atoms with Crippen molar-refractivity contribution in [3.8, 4) is 0 Å². The second-order valence-electron chi connectivity index (χ2n) is 27.5. The quantitative estimate of drug-likeness (QED) is 0.0169. The first-order valence-electron chi connectivity index (χ1n) is 38.2. The van der Waals surface area contributed by atoms with E-state index in [2.05, 4.69) is 72.8 Å². The molecule has 0 heterocycles. The first-order chi connectivity index (χ1) is 45.3. The Morgan fingerprint density at radius 2 is 0.628 bits per heavy atom. The average Bonchev–Trinajstić information content (AvgIpc) is 1.39. The Hall–Kier alpha value is -2.46. The Bertz CT molecular complexity index is 1930. The molecular formula is C75H142O17P2. The number of aliphatic hydroxyl groups is 1. The van der Waals surface area contributed by atoms with E-state index >= 15 is 0 Å². The number of allylic oxidation sites excluding steroid dienone is 4. The molecule has 0 radical (unpaired) electrons. The van der Waals surface area contributed by atoms with Crippen molar-refractivity contribution in [1.82, 2.24) is 0 Å². The van der Waals surface area contributed by atoms with Crippen LogP contribution in [0.2, 0.25) is 0 Å². The van der Waals surface area contributed by atoms with Crippen LogP contribution in [-0.4, -0.2) is 96.7 Å². The highest BCUT2D eigenvalue weighted by Crippen LogP contribution is 2.45. The van der Waals surface area contributed by atoms with Gasteiger partial charge in [0.1, 0.15) is 19.3 Å².